The van der Waals surface area contributed by atoms with Crippen molar-refractivity contribution in [3.8, 4) is 11.6 Å². The Labute approximate surface area is 197 Å². The third kappa shape index (κ3) is 4.59. The quantitative estimate of drug-likeness (QED) is 0.144. The maximum Gasteiger partial charge on any atom is 0.417 e. The number of aryl methyl sites for hydroxylation is 1. The van der Waals surface area contributed by atoms with Crippen molar-refractivity contribution in [1.29, 1.82) is 0 Å². The van der Waals surface area contributed by atoms with Gasteiger partial charge in [-0.15, -0.1) is 0 Å². The smallest absolute Gasteiger partial charge is 0.417 e. The fourth-order valence-corrected chi connectivity index (χ4v) is 3.11. The molecule has 1 heterocycles. The first kappa shape index (κ1) is 28.1. The van der Waals surface area contributed by atoms with Gasteiger partial charge >= 0.3 is 12.4 Å². The minimum atomic E-state index is -5.49. The summed E-state index contributed by atoms with van der Waals surface area (Å²) in [7, 11) is 0. The third-order valence-corrected chi connectivity index (χ3v) is 4.56. The predicted octanol–water partition coefficient (Wildman–Crippen LogP) is 5.85. The molecule has 3 rings (SSSR count). The van der Waals surface area contributed by atoms with Crippen molar-refractivity contribution in [2.75, 3.05) is 0 Å². The van der Waals surface area contributed by atoms with E-state index < -0.39 is 91.4 Å². The van der Waals surface area contributed by atoms with E-state index in [0.717, 1.165) is 6.92 Å². The molecule has 1 radical (unpaired) electrons. The average Bonchev–Trinajstić information content (AvgIpc) is 3.02. The first-order chi connectivity index (χ1) is 15.5. The molecule has 16 heteroatoms. The van der Waals surface area contributed by atoms with Gasteiger partial charge in [0, 0.05) is 22.6 Å². The molecule has 0 saturated carbocycles. The van der Waals surface area contributed by atoms with Gasteiger partial charge in [0.2, 0.25) is 17.5 Å². The van der Waals surface area contributed by atoms with Gasteiger partial charge in [0.15, 0.2) is 23.3 Å². The van der Waals surface area contributed by atoms with Crippen LogP contribution in [0, 0.1) is 36.0 Å². The molecular weight excluding hydrogens is 552 g/mol. The molecule has 0 unspecified atom stereocenters. The molecule has 35 heavy (non-hydrogen) atoms. The molecule has 0 aliphatic carbocycles. The standard InChI is InChI=1S/C19H7F11N2O2.Mn/c1-5-8(16(33)9-6(18(25,26)27)3-2-4-7(9)19(28,29)30)17(34)32(31-5)15-13(23)11(21)10(20)12(22)14(15)24;/h2-4,34H,1H3;. The molecule has 0 bridgehead atoms. The van der Waals surface area contributed by atoms with Crippen molar-refractivity contribution in [3.63, 3.8) is 0 Å². The summed E-state index contributed by atoms with van der Waals surface area (Å²) >= 11 is 0. The van der Waals surface area contributed by atoms with Gasteiger partial charge in [-0.1, -0.05) is 6.07 Å². The molecule has 189 valence electrons. The van der Waals surface area contributed by atoms with Gasteiger partial charge in [0.1, 0.15) is 11.3 Å². The Morgan fingerprint density at radius 3 is 1.60 bits per heavy atom. The second kappa shape index (κ2) is 9.15. The molecule has 1 N–H and O–H groups in total. The molecule has 0 fully saturated rings. The van der Waals surface area contributed by atoms with E-state index in [4.69, 9.17) is 0 Å². The zero-order valence-corrected chi connectivity index (χ0v) is 17.7. The Hall–Kier alpha value is -3.13. The molecule has 0 spiro atoms. The summed E-state index contributed by atoms with van der Waals surface area (Å²) in [5.41, 5.74) is -10.3. The van der Waals surface area contributed by atoms with Crippen LogP contribution in [0.3, 0.4) is 0 Å². The number of ketones is 1. The number of carbonyl (C=O) groups excluding carboxylic acids is 1. The van der Waals surface area contributed by atoms with Gasteiger partial charge in [-0.05, 0) is 19.1 Å². The number of aromatic hydroxyl groups is 1. The molecule has 0 amide bonds. The zero-order valence-electron chi connectivity index (χ0n) is 16.5. The van der Waals surface area contributed by atoms with Gasteiger partial charge in [-0.25, -0.2) is 22.0 Å². The van der Waals surface area contributed by atoms with Crippen molar-refractivity contribution in [2.45, 2.75) is 19.3 Å². The Morgan fingerprint density at radius 1 is 0.800 bits per heavy atom. The largest absolute Gasteiger partial charge is 0.493 e. The first-order valence-electron chi connectivity index (χ1n) is 8.62. The number of benzene rings is 2. The van der Waals surface area contributed by atoms with Crippen LogP contribution in [0.4, 0.5) is 48.3 Å². The minimum Gasteiger partial charge on any atom is -0.493 e. The van der Waals surface area contributed by atoms with Crippen molar-refractivity contribution in [2.24, 2.45) is 0 Å². The van der Waals surface area contributed by atoms with Gasteiger partial charge in [0.05, 0.1) is 16.8 Å². The minimum absolute atomic E-state index is 0. The number of hydrogen-bond donors (Lipinski definition) is 1. The summed E-state index contributed by atoms with van der Waals surface area (Å²) in [6, 6.07) is 0.653. The number of aromatic nitrogens is 2. The Kier molecular flexibility index (Phi) is 7.35. The summed E-state index contributed by atoms with van der Waals surface area (Å²) in [6.45, 7) is 0.735. The Bertz CT molecular complexity index is 1270. The topological polar surface area (TPSA) is 55.1 Å². The van der Waals surface area contributed by atoms with Crippen LogP contribution < -0.4 is 0 Å². The van der Waals surface area contributed by atoms with Crippen LogP contribution in [0.25, 0.3) is 5.69 Å². The molecule has 0 aliphatic rings. The van der Waals surface area contributed by atoms with E-state index in [9.17, 15) is 58.2 Å². The average molecular weight is 559 g/mol. The van der Waals surface area contributed by atoms with Crippen molar-refractivity contribution < 1.29 is 75.3 Å². The van der Waals surface area contributed by atoms with Crippen LogP contribution >= 0.6 is 0 Å². The zero-order chi connectivity index (χ0) is 25.9. The monoisotopic (exact) mass is 559 g/mol. The maximum atomic E-state index is 14.1. The summed E-state index contributed by atoms with van der Waals surface area (Å²) in [4.78, 5) is 12.8. The van der Waals surface area contributed by atoms with E-state index in [0.29, 0.717) is 6.07 Å². The molecule has 2 aromatic carbocycles. The van der Waals surface area contributed by atoms with E-state index in [2.05, 4.69) is 5.10 Å². The van der Waals surface area contributed by atoms with Crippen molar-refractivity contribution in [3.05, 3.63) is 75.2 Å². The van der Waals surface area contributed by atoms with Gasteiger partial charge in [0.25, 0.3) is 0 Å². The van der Waals surface area contributed by atoms with Gasteiger partial charge < -0.3 is 5.11 Å². The second-order valence-corrected chi connectivity index (χ2v) is 6.67. The van der Waals surface area contributed by atoms with E-state index in [1.807, 2.05) is 0 Å². The fraction of sp³-hybridized carbons (Fsp3) is 0.158. The second-order valence-electron chi connectivity index (χ2n) is 6.67. The number of rotatable bonds is 3. The number of hydrogen-bond acceptors (Lipinski definition) is 3. The van der Waals surface area contributed by atoms with E-state index >= 15 is 0 Å². The molecule has 1 aromatic heterocycles. The van der Waals surface area contributed by atoms with Crippen molar-refractivity contribution in [1.82, 2.24) is 9.78 Å². The summed E-state index contributed by atoms with van der Waals surface area (Å²) < 4.78 is 148. The maximum absolute atomic E-state index is 14.1. The van der Waals surface area contributed by atoms with Crippen LogP contribution in [0.15, 0.2) is 18.2 Å². The third-order valence-electron chi connectivity index (χ3n) is 4.56. The Morgan fingerprint density at radius 2 is 1.20 bits per heavy atom. The van der Waals surface area contributed by atoms with Crippen LogP contribution in [0.1, 0.15) is 32.7 Å². The molecule has 4 nitrogen and oxygen atoms in total. The number of carbonyl (C=O) groups is 1. The molecule has 0 atom stereocenters. The molecule has 0 aliphatic heterocycles. The Balaban J connectivity index is 0.00000432. The van der Waals surface area contributed by atoms with Crippen LogP contribution in [-0.2, 0) is 29.4 Å². The summed E-state index contributed by atoms with van der Waals surface area (Å²) in [5, 5.41) is 13.4. The van der Waals surface area contributed by atoms with Crippen molar-refractivity contribution >= 4 is 5.78 Å². The number of nitrogens with zero attached hydrogens (tertiary/aromatic N) is 2. The molecular formula is C19H7F11MnN2O2. The van der Waals surface area contributed by atoms with E-state index in [1.165, 1.54) is 0 Å². The van der Waals surface area contributed by atoms with Crippen LogP contribution in [-0.4, -0.2) is 20.7 Å². The van der Waals surface area contributed by atoms with Crippen LogP contribution in [0.5, 0.6) is 5.88 Å². The molecule has 0 saturated heterocycles. The molecule has 3 aromatic rings. The predicted molar refractivity (Wildman–Crippen MR) is 89.6 cm³/mol. The summed E-state index contributed by atoms with van der Waals surface area (Å²) in [6.07, 6.45) is -11.0. The number of alkyl halides is 6. The van der Waals surface area contributed by atoms with Gasteiger partial charge in [-0.3, -0.25) is 4.79 Å². The van der Waals surface area contributed by atoms with E-state index in [1.54, 1.807) is 0 Å². The normalized spacial score (nSPS) is 12.0. The van der Waals surface area contributed by atoms with Gasteiger partial charge in [-0.2, -0.15) is 36.1 Å². The number of halogens is 11. The fourth-order valence-electron chi connectivity index (χ4n) is 3.11. The SMILES string of the molecule is Cc1nn(-c2c(F)c(F)c(F)c(F)c2F)c(O)c1C(=O)c1c(C(F)(F)F)cccc1C(F)(F)F.[Mn]. The first-order valence-corrected chi connectivity index (χ1v) is 8.62. The van der Waals surface area contributed by atoms with Crippen LogP contribution in [0.2, 0.25) is 0 Å². The van der Waals surface area contributed by atoms with E-state index in [-0.39, 0.29) is 29.2 Å². The summed E-state index contributed by atoms with van der Waals surface area (Å²) in [5.74, 6) is -16.5.